The summed E-state index contributed by atoms with van der Waals surface area (Å²) in [6, 6.07) is 3.55. The summed E-state index contributed by atoms with van der Waals surface area (Å²) in [6.07, 6.45) is 11.6. The van der Waals surface area contributed by atoms with E-state index in [-0.39, 0.29) is 42.8 Å². The highest BCUT2D eigenvalue weighted by molar-refractivity contribution is 7.47. The van der Waals surface area contributed by atoms with Crippen LogP contribution < -0.4 is 4.74 Å². The zero-order valence-corrected chi connectivity index (χ0v) is 25.1. The van der Waals surface area contributed by atoms with Crippen LogP contribution in [0.1, 0.15) is 115 Å². The fraction of sp³-hybridized carbons (Fsp3) is 0.645. The number of hydrogen-bond donors (Lipinski definition) is 2. The second-order valence-electron chi connectivity index (χ2n) is 11.4. The molecule has 1 saturated carbocycles. The van der Waals surface area contributed by atoms with Crippen molar-refractivity contribution in [2.24, 2.45) is 5.92 Å². The first kappa shape index (κ1) is 31.6. The number of esters is 1. The zero-order chi connectivity index (χ0) is 28.6. The number of unbranched alkanes of at least 4 members (excludes halogenated alkanes) is 4. The van der Waals surface area contributed by atoms with Crippen LogP contribution in [0.15, 0.2) is 35.9 Å². The maximum atomic E-state index is 13.6. The predicted octanol–water partition coefficient (Wildman–Crippen LogP) is 8.29. The molecule has 0 spiro atoms. The molecule has 0 amide bonds. The number of carbonyl (C=O) groups is 1. The van der Waals surface area contributed by atoms with Gasteiger partial charge in [-0.15, -0.1) is 0 Å². The van der Waals surface area contributed by atoms with Crippen LogP contribution in [0.25, 0.3) is 0 Å². The number of phosphoric acid groups is 1. The predicted molar refractivity (Wildman–Crippen MR) is 154 cm³/mol. The smallest absolute Gasteiger partial charge is 0.473 e. The van der Waals surface area contributed by atoms with Gasteiger partial charge in [0.15, 0.2) is 5.60 Å². The van der Waals surface area contributed by atoms with Gasteiger partial charge in [0.25, 0.3) is 0 Å². The molecule has 3 rings (SSSR count). The molecular weight excluding hydrogens is 515 g/mol. The summed E-state index contributed by atoms with van der Waals surface area (Å²) in [5.41, 5.74) is 2.06. The lowest BCUT2D eigenvalue weighted by atomic mass is 9.73. The second kappa shape index (κ2) is 14.1. The van der Waals surface area contributed by atoms with E-state index in [9.17, 15) is 19.4 Å². The normalized spacial score (nSPS) is 21.9. The highest BCUT2D eigenvalue weighted by atomic mass is 31.2. The minimum absolute atomic E-state index is 0.0776. The van der Waals surface area contributed by atoms with Gasteiger partial charge < -0.3 is 14.7 Å². The van der Waals surface area contributed by atoms with Crippen LogP contribution in [0.2, 0.25) is 0 Å². The van der Waals surface area contributed by atoms with Crippen LogP contribution >= 0.6 is 7.82 Å². The first-order chi connectivity index (χ1) is 18.5. The number of carbonyl (C=O) groups excluding carboxylic acids is 1. The van der Waals surface area contributed by atoms with Crippen LogP contribution in [0.4, 0.5) is 0 Å². The van der Waals surface area contributed by atoms with Crippen molar-refractivity contribution in [2.75, 3.05) is 6.61 Å². The van der Waals surface area contributed by atoms with Gasteiger partial charge >= 0.3 is 13.8 Å². The molecule has 1 aromatic rings. The number of ether oxygens (including phenoxy) is 1. The maximum absolute atomic E-state index is 13.6. The van der Waals surface area contributed by atoms with Gasteiger partial charge in [-0.05, 0) is 82.4 Å². The molecule has 3 atom stereocenters. The molecule has 0 heterocycles. The van der Waals surface area contributed by atoms with E-state index >= 15 is 0 Å². The summed E-state index contributed by atoms with van der Waals surface area (Å²) in [7, 11) is -4.46. The van der Waals surface area contributed by atoms with Crippen LogP contribution in [-0.2, 0) is 24.8 Å². The third kappa shape index (κ3) is 8.29. The largest absolute Gasteiger partial charge is 0.507 e. The number of phenolic OH excluding ortho intramolecular Hbond substituents is 1. The zero-order valence-electron chi connectivity index (χ0n) is 24.2. The molecule has 218 valence electrons. The van der Waals surface area contributed by atoms with Gasteiger partial charge in [-0.3, -0.25) is 9.05 Å². The Morgan fingerprint density at radius 3 is 2.49 bits per heavy atom. The number of hydrogen-bond acceptors (Lipinski definition) is 6. The molecule has 0 saturated heterocycles. The SMILES string of the molecule is C=C(C)[C@@H]1CCC(C)=C[C@H]1c1c(O)cc(CCC)cc1OC(=O)C1(OP(=O)(O)OCCCCCCC)CCC1. The van der Waals surface area contributed by atoms with E-state index in [0.717, 1.165) is 56.1 Å². The molecule has 39 heavy (non-hydrogen) atoms. The Hall–Kier alpha value is -1.92. The summed E-state index contributed by atoms with van der Waals surface area (Å²) < 4.78 is 29.5. The second-order valence-corrected chi connectivity index (χ2v) is 12.7. The number of rotatable bonds is 15. The first-order valence-corrected chi connectivity index (χ1v) is 16.1. The third-order valence-corrected chi connectivity index (χ3v) is 9.05. The molecule has 1 aromatic carbocycles. The molecule has 2 N–H and O–H groups in total. The topological polar surface area (TPSA) is 102 Å². The fourth-order valence-electron chi connectivity index (χ4n) is 5.58. The van der Waals surface area contributed by atoms with Crippen molar-refractivity contribution in [2.45, 2.75) is 116 Å². The van der Waals surface area contributed by atoms with Crippen molar-refractivity contribution >= 4 is 13.8 Å². The summed E-state index contributed by atoms with van der Waals surface area (Å²) in [6.45, 7) is 12.5. The van der Waals surface area contributed by atoms with Crippen molar-refractivity contribution in [1.29, 1.82) is 0 Å². The molecular formula is C31H47O7P. The summed E-state index contributed by atoms with van der Waals surface area (Å²) in [5, 5.41) is 11.2. The van der Waals surface area contributed by atoms with Gasteiger partial charge in [0, 0.05) is 11.5 Å². The summed E-state index contributed by atoms with van der Waals surface area (Å²) in [4.78, 5) is 24.0. The minimum Gasteiger partial charge on any atom is -0.507 e. The van der Waals surface area contributed by atoms with Gasteiger partial charge in [0.05, 0.1) is 6.61 Å². The summed E-state index contributed by atoms with van der Waals surface area (Å²) in [5.74, 6) is -0.495. The number of phenols is 1. The monoisotopic (exact) mass is 562 g/mol. The molecule has 0 aromatic heterocycles. The standard InChI is InChI=1S/C31H47O7P/c1-6-8-9-10-11-18-36-39(34,35)38-31(16-12-17-31)30(33)37-28-21-24(13-7-2)20-27(32)29(28)26-19-23(5)14-15-25(26)22(3)4/h19-21,25-26,32H,3,6-18H2,1-2,4-5H3,(H,34,35)/t25-,26+/m0/s1. The molecule has 8 heteroatoms. The van der Waals surface area contributed by atoms with E-state index in [1.165, 1.54) is 5.57 Å². The van der Waals surface area contributed by atoms with Crippen LogP contribution in [0, 0.1) is 5.92 Å². The minimum atomic E-state index is -4.46. The lowest BCUT2D eigenvalue weighted by Crippen LogP contribution is -2.49. The van der Waals surface area contributed by atoms with Crippen LogP contribution in [0.3, 0.4) is 0 Å². The van der Waals surface area contributed by atoms with E-state index in [4.69, 9.17) is 13.8 Å². The lowest BCUT2D eigenvalue weighted by Gasteiger charge is -2.39. The first-order valence-electron chi connectivity index (χ1n) is 14.6. The number of benzene rings is 1. The average Bonchev–Trinajstić information content (AvgIpc) is 2.83. The van der Waals surface area contributed by atoms with Gasteiger partial charge in [0.2, 0.25) is 0 Å². The van der Waals surface area contributed by atoms with Crippen molar-refractivity contribution in [3.05, 3.63) is 47.1 Å². The van der Waals surface area contributed by atoms with Gasteiger partial charge in [-0.25, -0.2) is 9.36 Å². The van der Waals surface area contributed by atoms with Crippen molar-refractivity contribution < 1.29 is 33.1 Å². The molecule has 0 bridgehead atoms. The van der Waals surface area contributed by atoms with E-state index < -0.39 is 19.4 Å². The number of allylic oxidation sites excluding steroid dienone is 3. The summed E-state index contributed by atoms with van der Waals surface area (Å²) >= 11 is 0. The molecule has 2 aliphatic rings. The number of aryl methyl sites for hydroxylation is 1. The van der Waals surface area contributed by atoms with E-state index in [2.05, 4.69) is 26.5 Å². The Morgan fingerprint density at radius 1 is 1.15 bits per heavy atom. The molecule has 7 nitrogen and oxygen atoms in total. The van der Waals surface area contributed by atoms with E-state index in [1.54, 1.807) is 12.1 Å². The molecule has 1 unspecified atom stereocenters. The molecule has 2 aliphatic carbocycles. The molecule has 0 aliphatic heterocycles. The lowest BCUT2D eigenvalue weighted by molar-refractivity contribution is -0.162. The highest BCUT2D eigenvalue weighted by Gasteiger charge is 2.52. The molecule has 0 radical (unpaired) electrons. The van der Waals surface area contributed by atoms with E-state index in [0.29, 0.717) is 24.8 Å². The molecule has 1 fully saturated rings. The van der Waals surface area contributed by atoms with Crippen molar-refractivity contribution in [3.8, 4) is 11.5 Å². The van der Waals surface area contributed by atoms with E-state index in [1.807, 2.05) is 13.8 Å². The van der Waals surface area contributed by atoms with Gasteiger partial charge in [-0.1, -0.05) is 69.8 Å². The Balaban J connectivity index is 1.85. The highest BCUT2D eigenvalue weighted by Crippen LogP contribution is 2.54. The quantitative estimate of drug-likeness (QED) is 0.0729. The van der Waals surface area contributed by atoms with Crippen molar-refractivity contribution in [3.63, 3.8) is 0 Å². The maximum Gasteiger partial charge on any atom is 0.473 e. The third-order valence-electron chi connectivity index (χ3n) is 7.96. The van der Waals surface area contributed by atoms with Crippen molar-refractivity contribution in [1.82, 2.24) is 0 Å². The Kier molecular flexibility index (Phi) is 11.4. The van der Waals surface area contributed by atoms with Gasteiger partial charge in [0.1, 0.15) is 11.5 Å². The van der Waals surface area contributed by atoms with Gasteiger partial charge in [-0.2, -0.15) is 0 Å². The number of phosphoric ester groups is 1. The number of aromatic hydroxyl groups is 1. The Bertz CT molecular complexity index is 1090. The van der Waals surface area contributed by atoms with Crippen LogP contribution in [-0.4, -0.2) is 28.2 Å². The fourth-order valence-corrected chi connectivity index (χ4v) is 6.69. The Morgan fingerprint density at radius 2 is 1.87 bits per heavy atom. The Labute approximate surface area is 234 Å². The van der Waals surface area contributed by atoms with Crippen LogP contribution in [0.5, 0.6) is 11.5 Å². The average molecular weight is 563 g/mol.